The monoisotopic (exact) mass is 281 g/mol. The summed E-state index contributed by atoms with van der Waals surface area (Å²) in [5.41, 5.74) is 7.21. The van der Waals surface area contributed by atoms with Crippen LogP contribution in [-0.2, 0) is 6.54 Å². The van der Waals surface area contributed by atoms with E-state index in [0.29, 0.717) is 16.6 Å². The normalized spacial score (nSPS) is 17.6. The second-order valence-electron chi connectivity index (χ2n) is 5.01. The highest BCUT2D eigenvalue weighted by molar-refractivity contribution is 6.31. The summed E-state index contributed by atoms with van der Waals surface area (Å²) in [4.78, 5) is 0. The van der Waals surface area contributed by atoms with E-state index >= 15 is 0 Å². The average Bonchev–Trinajstić information content (AvgIpc) is 2.46. The first-order chi connectivity index (χ1) is 9.20. The molecule has 1 aromatic carbocycles. The average molecular weight is 282 g/mol. The minimum Gasteiger partial charge on any atom is -0.409 e. The summed E-state index contributed by atoms with van der Waals surface area (Å²) in [7, 11) is 0. The molecule has 4 nitrogen and oxygen atoms in total. The smallest absolute Gasteiger partial charge is 0.170 e. The number of nitrogens with two attached hydrogens (primary N) is 1. The number of nitrogens with zero attached hydrogens (tertiary/aromatic N) is 1. The van der Waals surface area contributed by atoms with Crippen molar-refractivity contribution in [1.29, 1.82) is 0 Å². The summed E-state index contributed by atoms with van der Waals surface area (Å²) >= 11 is 6.22. The highest BCUT2D eigenvalue weighted by Crippen LogP contribution is 2.21. The summed E-state index contributed by atoms with van der Waals surface area (Å²) < 4.78 is 0. The number of hydrogen-bond donors (Lipinski definition) is 3. The Morgan fingerprint density at radius 2 is 2.11 bits per heavy atom. The van der Waals surface area contributed by atoms with Crippen LogP contribution in [0.3, 0.4) is 0 Å². The Kier molecular flexibility index (Phi) is 5.05. The van der Waals surface area contributed by atoms with Crippen LogP contribution >= 0.6 is 11.6 Å². The topological polar surface area (TPSA) is 70.6 Å². The van der Waals surface area contributed by atoms with Crippen LogP contribution in [0.4, 0.5) is 0 Å². The molecule has 5 heteroatoms. The lowest BCUT2D eigenvalue weighted by atomic mass is 9.95. The summed E-state index contributed by atoms with van der Waals surface area (Å²) in [6.07, 6.45) is 6.48. The van der Waals surface area contributed by atoms with E-state index in [1.165, 1.54) is 32.1 Å². The zero-order valence-corrected chi connectivity index (χ0v) is 11.7. The molecule has 0 saturated heterocycles. The molecule has 0 spiro atoms. The zero-order valence-electron chi connectivity index (χ0n) is 10.9. The number of nitrogens with one attached hydrogen (secondary N) is 1. The summed E-state index contributed by atoms with van der Waals surface area (Å²) in [6, 6.07) is 6.08. The molecule has 0 aromatic heterocycles. The molecule has 1 saturated carbocycles. The lowest BCUT2D eigenvalue weighted by Gasteiger charge is -2.23. The number of rotatable bonds is 4. The fraction of sp³-hybridized carbons (Fsp3) is 0.500. The molecular formula is C14H20ClN3O. The van der Waals surface area contributed by atoms with Crippen molar-refractivity contribution in [3.63, 3.8) is 0 Å². The second-order valence-corrected chi connectivity index (χ2v) is 5.41. The van der Waals surface area contributed by atoms with E-state index in [1.54, 1.807) is 6.07 Å². The first kappa shape index (κ1) is 14.2. The molecule has 2 rings (SSSR count). The van der Waals surface area contributed by atoms with Gasteiger partial charge in [0.25, 0.3) is 0 Å². The Bertz CT molecular complexity index is 456. The molecular weight excluding hydrogens is 262 g/mol. The van der Waals surface area contributed by atoms with Crippen LogP contribution in [-0.4, -0.2) is 17.1 Å². The van der Waals surface area contributed by atoms with Crippen LogP contribution in [0.15, 0.2) is 23.4 Å². The number of amidine groups is 1. The van der Waals surface area contributed by atoms with Crippen LogP contribution in [0.2, 0.25) is 5.02 Å². The first-order valence-corrected chi connectivity index (χ1v) is 7.08. The van der Waals surface area contributed by atoms with E-state index in [9.17, 15) is 0 Å². The molecule has 1 fully saturated rings. The molecule has 4 N–H and O–H groups in total. The Hall–Kier alpha value is -1.26. The van der Waals surface area contributed by atoms with E-state index in [4.69, 9.17) is 22.5 Å². The van der Waals surface area contributed by atoms with Crippen molar-refractivity contribution >= 4 is 17.4 Å². The van der Waals surface area contributed by atoms with Crippen molar-refractivity contribution in [3.05, 3.63) is 34.3 Å². The highest BCUT2D eigenvalue weighted by atomic mass is 35.5. The molecule has 1 aliphatic rings. The Morgan fingerprint density at radius 1 is 1.37 bits per heavy atom. The van der Waals surface area contributed by atoms with E-state index in [-0.39, 0.29) is 5.84 Å². The Morgan fingerprint density at radius 3 is 2.74 bits per heavy atom. The largest absolute Gasteiger partial charge is 0.409 e. The van der Waals surface area contributed by atoms with Crippen molar-refractivity contribution in [2.75, 3.05) is 0 Å². The van der Waals surface area contributed by atoms with Crippen molar-refractivity contribution in [2.45, 2.75) is 44.7 Å². The molecule has 0 bridgehead atoms. The van der Waals surface area contributed by atoms with Crippen molar-refractivity contribution in [2.24, 2.45) is 10.9 Å². The summed E-state index contributed by atoms with van der Waals surface area (Å²) in [5, 5.41) is 15.8. The minimum absolute atomic E-state index is 0.0775. The Balaban J connectivity index is 1.97. The molecule has 19 heavy (non-hydrogen) atoms. The molecule has 0 unspecified atom stereocenters. The van der Waals surface area contributed by atoms with Crippen LogP contribution in [0.1, 0.15) is 43.2 Å². The van der Waals surface area contributed by atoms with Gasteiger partial charge in [-0.15, -0.1) is 0 Å². The lowest BCUT2D eigenvalue weighted by molar-refractivity contribution is 0.318. The third-order valence-corrected chi connectivity index (χ3v) is 3.99. The van der Waals surface area contributed by atoms with Crippen LogP contribution in [0.25, 0.3) is 0 Å². The quantitative estimate of drug-likeness (QED) is 0.344. The van der Waals surface area contributed by atoms with Crippen molar-refractivity contribution in [3.8, 4) is 0 Å². The highest BCUT2D eigenvalue weighted by Gasteiger charge is 2.13. The number of hydrogen-bond acceptors (Lipinski definition) is 3. The van der Waals surface area contributed by atoms with Crippen molar-refractivity contribution in [1.82, 2.24) is 5.32 Å². The summed E-state index contributed by atoms with van der Waals surface area (Å²) in [6.45, 7) is 0.764. The zero-order chi connectivity index (χ0) is 13.7. The maximum atomic E-state index is 8.63. The van der Waals surface area contributed by atoms with Gasteiger partial charge in [-0.05, 0) is 24.5 Å². The number of oxime groups is 1. The number of benzene rings is 1. The minimum atomic E-state index is 0.0775. The fourth-order valence-corrected chi connectivity index (χ4v) is 2.72. The maximum Gasteiger partial charge on any atom is 0.170 e. The van der Waals surface area contributed by atoms with Gasteiger partial charge in [-0.3, -0.25) is 0 Å². The van der Waals surface area contributed by atoms with Gasteiger partial charge >= 0.3 is 0 Å². The van der Waals surface area contributed by atoms with Gasteiger partial charge in [-0.25, -0.2) is 0 Å². The molecule has 1 aliphatic carbocycles. The maximum absolute atomic E-state index is 8.63. The van der Waals surface area contributed by atoms with Gasteiger partial charge in [-0.1, -0.05) is 48.2 Å². The predicted molar refractivity (Wildman–Crippen MR) is 77.7 cm³/mol. The standard InChI is InChI=1S/C14H20ClN3O/c15-13-8-10(14(16)18-19)6-7-11(13)9-17-12-4-2-1-3-5-12/h6-8,12,17,19H,1-5,9H2,(H2,16,18). The Labute approximate surface area is 118 Å². The third kappa shape index (κ3) is 3.85. The van der Waals surface area contributed by atoms with Gasteiger partial charge in [0.15, 0.2) is 5.84 Å². The molecule has 0 radical (unpaired) electrons. The van der Waals surface area contributed by atoms with Crippen LogP contribution < -0.4 is 11.1 Å². The van der Waals surface area contributed by atoms with Gasteiger partial charge in [-0.2, -0.15) is 0 Å². The molecule has 1 aromatic rings. The van der Waals surface area contributed by atoms with Gasteiger partial charge in [0, 0.05) is 23.2 Å². The molecule has 0 amide bonds. The van der Waals surface area contributed by atoms with Crippen LogP contribution in [0, 0.1) is 0 Å². The first-order valence-electron chi connectivity index (χ1n) is 6.70. The van der Waals surface area contributed by atoms with Gasteiger partial charge in [0.1, 0.15) is 0 Å². The van der Waals surface area contributed by atoms with E-state index in [2.05, 4.69) is 10.5 Å². The number of halogens is 1. The van der Waals surface area contributed by atoms with E-state index in [1.807, 2.05) is 12.1 Å². The predicted octanol–water partition coefficient (Wildman–Crippen LogP) is 2.86. The third-order valence-electron chi connectivity index (χ3n) is 3.64. The SMILES string of the molecule is N/C(=N/O)c1ccc(CNC2CCCCC2)c(Cl)c1. The molecule has 0 heterocycles. The summed E-state index contributed by atoms with van der Waals surface area (Å²) in [5.74, 6) is 0.0775. The fourth-order valence-electron chi connectivity index (χ4n) is 2.47. The second kappa shape index (κ2) is 6.78. The van der Waals surface area contributed by atoms with E-state index < -0.39 is 0 Å². The van der Waals surface area contributed by atoms with E-state index in [0.717, 1.165) is 12.1 Å². The molecule has 104 valence electrons. The van der Waals surface area contributed by atoms with Gasteiger partial charge < -0.3 is 16.3 Å². The molecule has 0 aliphatic heterocycles. The lowest BCUT2D eigenvalue weighted by Crippen LogP contribution is -2.30. The van der Waals surface area contributed by atoms with Gasteiger partial charge in [0.05, 0.1) is 0 Å². The van der Waals surface area contributed by atoms with Crippen molar-refractivity contribution < 1.29 is 5.21 Å². The molecule has 0 atom stereocenters. The van der Waals surface area contributed by atoms with Crippen LogP contribution in [0.5, 0.6) is 0 Å². The van der Waals surface area contributed by atoms with Gasteiger partial charge in [0.2, 0.25) is 0 Å².